The number of aliphatic hydroxyl groups is 1. The van der Waals surface area contributed by atoms with Gasteiger partial charge in [0.1, 0.15) is 5.75 Å². The van der Waals surface area contributed by atoms with E-state index in [4.69, 9.17) is 16.3 Å². The topological polar surface area (TPSA) is 29.5 Å². The molecule has 1 saturated carbocycles. The summed E-state index contributed by atoms with van der Waals surface area (Å²) in [6, 6.07) is 5.40. The van der Waals surface area contributed by atoms with Gasteiger partial charge in [-0.25, -0.2) is 0 Å². The summed E-state index contributed by atoms with van der Waals surface area (Å²) in [5, 5.41) is 10.5. The lowest BCUT2D eigenvalue weighted by atomic mass is 10.1. The molecule has 2 rings (SSSR count). The summed E-state index contributed by atoms with van der Waals surface area (Å²) in [5.74, 6) is 1.13. The fraction of sp³-hybridized carbons (Fsp3) is 0.455. The van der Waals surface area contributed by atoms with E-state index in [1.54, 1.807) is 13.2 Å². The molecule has 0 bridgehead atoms. The fourth-order valence-corrected chi connectivity index (χ4v) is 1.82. The predicted octanol–water partition coefficient (Wildman–Crippen LogP) is 2.79. The Morgan fingerprint density at radius 2 is 2.21 bits per heavy atom. The first kappa shape index (κ1) is 9.81. The van der Waals surface area contributed by atoms with Crippen molar-refractivity contribution in [3.63, 3.8) is 0 Å². The van der Waals surface area contributed by atoms with E-state index in [1.165, 1.54) is 0 Å². The minimum atomic E-state index is -0.409. The van der Waals surface area contributed by atoms with Crippen molar-refractivity contribution >= 4 is 11.6 Å². The van der Waals surface area contributed by atoms with Gasteiger partial charge in [-0.3, -0.25) is 0 Å². The highest BCUT2D eigenvalue weighted by Crippen LogP contribution is 2.43. The van der Waals surface area contributed by atoms with Crippen LogP contribution < -0.4 is 4.74 Å². The van der Waals surface area contributed by atoms with Crippen LogP contribution in [0.4, 0.5) is 0 Å². The predicted molar refractivity (Wildman–Crippen MR) is 55.7 cm³/mol. The molecule has 1 atom stereocenters. The fourth-order valence-electron chi connectivity index (χ4n) is 1.54. The van der Waals surface area contributed by atoms with Gasteiger partial charge in [-0.2, -0.15) is 0 Å². The van der Waals surface area contributed by atoms with Gasteiger partial charge >= 0.3 is 0 Å². The van der Waals surface area contributed by atoms with Gasteiger partial charge in [-0.1, -0.05) is 17.7 Å². The largest absolute Gasteiger partial charge is 0.497 e. The van der Waals surface area contributed by atoms with Crippen LogP contribution in [0.3, 0.4) is 0 Å². The smallest absolute Gasteiger partial charge is 0.120 e. The van der Waals surface area contributed by atoms with Crippen LogP contribution in [-0.2, 0) is 0 Å². The van der Waals surface area contributed by atoms with Gasteiger partial charge in [0.25, 0.3) is 0 Å². The van der Waals surface area contributed by atoms with E-state index in [1.807, 2.05) is 12.1 Å². The van der Waals surface area contributed by atoms with Crippen molar-refractivity contribution in [2.75, 3.05) is 7.11 Å². The Kier molecular flexibility index (Phi) is 2.66. The van der Waals surface area contributed by atoms with Gasteiger partial charge < -0.3 is 9.84 Å². The van der Waals surface area contributed by atoms with Crippen LogP contribution >= 0.6 is 11.6 Å². The first-order chi connectivity index (χ1) is 6.72. The molecule has 1 N–H and O–H groups in total. The van der Waals surface area contributed by atoms with Gasteiger partial charge in [-0.15, -0.1) is 0 Å². The van der Waals surface area contributed by atoms with Crippen LogP contribution in [0.1, 0.15) is 24.5 Å². The molecular formula is C11H13ClO2. The number of hydrogen-bond donors (Lipinski definition) is 1. The minimum Gasteiger partial charge on any atom is -0.497 e. The first-order valence-corrected chi connectivity index (χ1v) is 5.11. The summed E-state index contributed by atoms with van der Waals surface area (Å²) in [7, 11) is 1.60. The lowest BCUT2D eigenvalue weighted by molar-refractivity contribution is 0.154. The molecule has 14 heavy (non-hydrogen) atoms. The first-order valence-electron chi connectivity index (χ1n) is 4.74. The van der Waals surface area contributed by atoms with Crippen molar-refractivity contribution < 1.29 is 9.84 Å². The third kappa shape index (κ3) is 1.86. The van der Waals surface area contributed by atoms with Gasteiger partial charge in [0.05, 0.1) is 18.2 Å². The van der Waals surface area contributed by atoms with E-state index >= 15 is 0 Å². The molecule has 1 fully saturated rings. The highest BCUT2D eigenvalue weighted by Gasteiger charge is 2.31. The Morgan fingerprint density at radius 1 is 1.50 bits per heavy atom. The number of methoxy groups -OCH3 is 1. The van der Waals surface area contributed by atoms with E-state index in [0.29, 0.717) is 10.9 Å². The summed E-state index contributed by atoms with van der Waals surface area (Å²) in [6.07, 6.45) is 1.79. The monoisotopic (exact) mass is 212 g/mol. The number of hydrogen-bond acceptors (Lipinski definition) is 2. The van der Waals surface area contributed by atoms with E-state index < -0.39 is 6.10 Å². The van der Waals surface area contributed by atoms with Crippen molar-refractivity contribution in [1.29, 1.82) is 0 Å². The molecule has 1 aliphatic carbocycles. The molecule has 1 unspecified atom stereocenters. The van der Waals surface area contributed by atoms with Crippen LogP contribution in [0.5, 0.6) is 5.75 Å². The van der Waals surface area contributed by atoms with Gasteiger partial charge in [0.15, 0.2) is 0 Å². The second-order valence-corrected chi connectivity index (χ2v) is 4.08. The zero-order valence-corrected chi connectivity index (χ0v) is 8.79. The van der Waals surface area contributed by atoms with Gasteiger partial charge in [-0.05, 0) is 36.5 Å². The molecular weight excluding hydrogens is 200 g/mol. The number of aliphatic hydroxyl groups excluding tert-OH is 1. The van der Waals surface area contributed by atoms with Crippen molar-refractivity contribution in [3.8, 4) is 5.75 Å². The molecule has 1 aromatic carbocycles. The molecule has 2 nitrogen and oxygen atoms in total. The van der Waals surface area contributed by atoms with Crippen LogP contribution in [0.25, 0.3) is 0 Å². The number of rotatable bonds is 3. The highest BCUT2D eigenvalue weighted by molar-refractivity contribution is 6.31. The molecule has 0 aromatic heterocycles. The van der Waals surface area contributed by atoms with Gasteiger partial charge in [0.2, 0.25) is 0 Å². The summed E-state index contributed by atoms with van der Waals surface area (Å²) >= 11 is 6.03. The molecule has 0 spiro atoms. The molecule has 1 aliphatic rings. The standard InChI is InChI=1S/C11H13ClO2/c1-14-8-4-5-9(10(12)6-8)11(13)7-2-3-7/h4-7,11,13H,2-3H2,1H3. The van der Waals surface area contributed by atoms with Crippen molar-refractivity contribution in [1.82, 2.24) is 0 Å². The van der Waals surface area contributed by atoms with Crippen molar-refractivity contribution in [2.24, 2.45) is 5.92 Å². The normalized spacial score (nSPS) is 17.9. The molecule has 0 saturated heterocycles. The van der Waals surface area contributed by atoms with E-state index in [-0.39, 0.29) is 0 Å². The second kappa shape index (κ2) is 3.79. The zero-order chi connectivity index (χ0) is 10.1. The summed E-state index contributed by atoms with van der Waals surface area (Å²) in [6.45, 7) is 0. The minimum absolute atomic E-state index is 0.404. The third-order valence-electron chi connectivity index (χ3n) is 2.59. The lowest BCUT2D eigenvalue weighted by Gasteiger charge is -2.12. The number of ether oxygens (including phenoxy) is 1. The van der Waals surface area contributed by atoms with Crippen LogP contribution in [-0.4, -0.2) is 12.2 Å². The Balaban J connectivity index is 2.24. The average Bonchev–Trinajstić information content (AvgIpc) is 3.00. The number of benzene rings is 1. The molecule has 0 amide bonds. The summed E-state index contributed by atoms with van der Waals surface area (Å²) in [5.41, 5.74) is 0.815. The Bertz CT molecular complexity index is 334. The van der Waals surface area contributed by atoms with Crippen LogP contribution in [0, 0.1) is 5.92 Å². The van der Waals surface area contributed by atoms with Crippen molar-refractivity contribution in [2.45, 2.75) is 18.9 Å². The summed E-state index contributed by atoms with van der Waals surface area (Å²) in [4.78, 5) is 0. The molecule has 0 radical (unpaired) electrons. The molecule has 76 valence electrons. The maximum atomic E-state index is 9.88. The molecule has 1 aromatic rings. The zero-order valence-electron chi connectivity index (χ0n) is 8.03. The molecule has 3 heteroatoms. The van der Waals surface area contributed by atoms with Crippen molar-refractivity contribution in [3.05, 3.63) is 28.8 Å². The lowest BCUT2D eigenvalue weighted by Crippen LogP contribution is -2.00. The maximum Gasteiger partial charge on any atom is 0.120 e. The average molecular weight is 213 g/mol. The number of halogens is 1. The summed E-state index contributed by atoms with van der Waals surface area (Å²) < 4.78 is 5.04. The molecule has 0 heterocycles. The van der Waals surface area contributed by atoms with Crippen LogP contribution in [0.15, 0.2) is 18.2 Å². The quantitative estimate of drug-likeness (QED) is 0.835. The highest BCUT2D eigenvalue weighted by atomic mass is 35.5. The maximum absolute atomic E-state index is 9.88. The van der Waals surface area contributed by atoms with Gasteiger partial charge in [0, 0.05) is 0 Å². The Hall–Kier alpha value is -0.730. The van der Waals surface area contributed by atoms with Crippen LogP contribution in [0.2, 0.25) is 5.02 Å². The SMILES string of the molecule is COc1ccc(C(O)C2CC2)c(Cl)c1. The molecule has 0 aliphatic heterocycles. The van der Waals surface area contributed by atoms with E-state index in [9.17, 15) is 5.11 Å². The second-order valence-electron chi connectivity index (χ2n) is 3.67. The van der Waals surface area contributed by atoms with E-state index in [0.717, 1.165) is 24.2 Å². The Labute approximate surface area is 88.5 Å². The Morgan fingerprint density at radius 3 is 2.71 bits per heavy atom. The third-order valence-corrected chi connectivity index (χ3v) is 2.92. The van der Waals surface area contributed by atoms with E-state index in [2.05, 4.69) is 0 Å².